The standard InChI is InChI=1S/C17H10ClFN2O2S2/c18-12-5-3-11(4-6-12)15(22)20-21-16(23)14(25-17(21)24)9-10-1-7-13(19)8-2-10/h1-9H,(H,20,22). The highest BCUT2D eigenvalue weighted by molar-refractivity contribution is 8.26. The summed E-state index contributed by atoms with van der Waals surface area (Å²) in [4.78, 5) is 25.0. The molecule has 2 aromatic rings. The molecule has 0 bridgehead atoms. The summed E-state index contributed by atoms with van der Waals surface area (Å²) in [6.45, 7) is 0. The van der Waals surface area contributed by atoms with E-state index in [-0.39, 0.29) is 10.1 Å². The molecule has 0 radical (unpaired) electrons. The summed E-state index contributed by atoms with van der Waals surface area (Å²) in [7, 11) is 0. The molecule has 0 aliphatic carbocycles. The lowest BCUT2D eigenvalue weighted by molar-refractivity contribution is -0.123. The van der Waals surface area contributed by atoms with Crippen molar-refractivity contribution in [3.63, 3.8) is 0 Å². The zero-order chi connectivity index (χ0) is 18.0. The molecular formula is C17H10ClFN2O2S2. The average Bonchev–Trinajstić information content (AvgIpc) is 2.85. The van der Waals surface area contributed by atoms with Crippen molar-refractivity contribution in [3.05, 3.63) is 75.4 Å². The van der Waals surface area contributed by atoms with Gasteiger partial charge in [0, 0.05) is 10.6 Å². The number of benzene rings is 2. The van der Waals surface area contributed by atoms with Gasteiger partial charge in [0.05, 0.1) is 4.91 Å². The number of amides is 2. The van der Waals surface area contributed by atoms with Crippen LogP contribution in [0.3, 0.4) is 0 Å². The molecule has 0 atom stereocenters. The molecule has 1 aliphatic heterocycles. The highest BCUT2D eigenvalue weighted by Crippen LogP contribution is 2.31. The quantitative estimate of drug-likeness (QED) is 0.633. The lowest BCUT2D eigenvalue weighted by Gasteiger charge is -2.15. The van der Waals surface area contributed by atoms with Gasteiger partial charge in [0.25, 0.3) is 11.8 Å². The zero-order valence-corrected chi connectivity index (χ0v) is 14.9. The summed E-state index contributed by atoms with van der Waals surface area (Å²) >= 11 is 12.0. The van der Waals surface area contributed by atoms with Crippen molar-refractivity contribution in [1.29, 1.82) is 0 Å². The number of halogens is 2. The predicted molar refractivity (Wildman–Crippen MR) is 100 cm³/mol. The van der Waals surface area contributed by atoms with Gasteiger partial charge in [-0.3, -0.25) is 15.0 Å². The first-order valence-corrected chi connectivity index (χ1v) is 8.64. The molecule has 1 heterocycles. The van der Waals surface area contributed by atoms with Crippen LogP contribution in [-0.4, -0.2) is 21.1 Å². The fraction of sp³-hybridized carbons (Fsp3) is 0. The van der Waals surface area contributed by atoms with Gasteiger partial charge in [-0.2, -0.15) is 5.01 Å². The van der Waals surface area contributed by atoms with Gasteiger partial charge in [-0.15, -0.1) is 0 Å². The molecule has 1 aliphatic rings. The second kappa shape index (κ2) is 7.35. The van der Waals surface area contributed by atoms with Crippen LogP contribution in [0.4, 0.5) is 4.39 Å². The second-order valence-electron chi connectivity index (χ2n) is 5.02. The van der Waals surface area contributed by atoms with E-state index in [0.717, 1.165) is 16.8 Å². The Hall–Kier alpha value is -2.22. The number of hydrogen-bond donors (Lipinski definition) is 1. The topological polar surface area (TPSA) is 49.4 Å². The minimum atomic E-state index is -0.476. The largest absolute Gasteiger partial charge is 0.285 e. The smallest absolute Gasteiger partial charge is 0.267 e. The van der Waals surface area contributed by atoms with Crippen molar-refractivity contribution in [2.75, 3.05) is 0 Å². The third kappa shape index (κ3) is 4.07. The molecule has 0 aromatic heterocycles. The third-order valence-corrected chi connectivity index (χ3v) is 4.84. The van der Waals surface area contributed by atoms with Gasteiger partial charge in [-0.25, -0.2) is 4.39 Å². The zero-order valence-electron chi connectivity index (χ0n) is 12.5. The predicted octanol–water partition coefficient (Wildman–Crippen LogP) is 4.03. The van der Waals surface area contributed by atoms with Gasteiger partial charge in [0.2, 0.25) is 0 Å². The second-order valence-corrected chi connectivity index (χ2v) is 7.13. The molecule has 3 rings (SSSR count). The van der Waals surface area contributed by atoms with E-state index in [0.29, 0.717) is 21.1 Å². The van der Waals surface area contributed by atoms with Crippen molar-refractivity contribution in [1.82, 2.24) is 10.4 Å². The summed E-state index contributed by atoms with van der Waals surface area (Å²) < 4.78 is 13.2. The summed E-state index contributed by atoms with van der Waals surface area (Å²) in [5.41, 5.74) is 3.48. The van der Waals surface area contributed by atoms with E-state index in [9.17, 15) is 14.0 Å². The van der Waals surface area contributed by atoms with Crippen LogP contribution in [0.5, 0.6) is 0 Å². The first-order chi connectivity index (χ1) is 11.9. The van der Waals surface area contributed by atoms with Gasteiger partial charge in [-0.05, 0) is 60.3 Å². The van der Waals surface area contributed by atoms with Crippen LogP contribution < -0.4 is 5.43 Å². The van der Waals surface area contributed by atoms with E-state index in [1.165, 1.54) is 12.1 Å². The summed E-state index contributed by atoms with van der Waals surface area (Å²) in [5, 5.41) is 1.52. The molecular weight excluding hydrogens is 383 g/mol. The number of rotatable bonds is 3. The maximum atomic E-state index is 13.0. The van der Waals surface area contributed by atoms with Crippen LogP contribution in [-0.2, 0) is 4.79 Å². The molecule has 126 valence electrons. The van der Waals surface area contributed by atoms with Gasteiger partial charge in [0.15, 0.2) is 4.32 Å². The molecule has 1 fully saturated rings. The first kappa shape index (κ1) is 17.6. The van der Waals surface area contributed by atoms with Gasteiger partial charge < -0.3 is 0 Å². The fourth-order valence-corrected chi connectivity index (χ4v) is 3.35. The molecule has 1 N–H and O–H groups in total. The van der Waals surface area contributed by atoms with Crippen molar-refractivity contribution in [3.8, 4) is 0 Å². The average molecular weight is 393 g/mol. The van der Waals surface area contributed by atoms with Crippen molar-refractivity contribution < 1.29 is 14.0 Å². The van der Waals surface area contributed by atoms with E-state index < -0.39 is 11.8 Å². The Morgan fingerprint density at radius 2 is 1.80 bits per heavy atom. The van der Waals surface area contributed by atoms with Crippen molar-refractivity contribution >= 4 is 57.8 Å². The van der Waals surface area contributed by atoms with Crippen LogP contribution in [0, 0.1) is 5.82 Å². The Labute approximate surface area is 157 Å². The van der Waals surface area contributed by atoms with Gasteiger partial charge in [-0.1, -0.05) is 35.5 Å². The molecule has 1 saturated heterocycles. The summed E-state index contributed by atoms with van der Waals surface area (Å²) in [6, 6.07) is 11.9. The first-order valence-electron chi connectivity index (χ1n) is 7.04. The number of thioether (sulfide) groups is 1. The Balaban J connectivity index is 1.76. The highest BCUT2D eigenvalue weighted by atomic mass is 35.5. The number of hydrogen-bond acceptors (Lipinski definition) is 4. The number of nitrogens with zero attached hydrogens (tertiary/aromatic N) is 1. The van der Waals surface area contributed by atoms with Gasteiger partial charge >= 0.3 is 0 Å². The van der Waals surface area contributed by atoms with E-state index in [1.807, 2.05) is 0 Å². The molecule has 0 saturated carbocycles. The highest BCUT2D eigenvalue weighted by Gasteiger charge is 2.33. The van der Waals surface area contributed by atoms with Gasteiger partial charge in [0.1, 0.15) is 5.82 Å². The Kier molecular flexibility index (Phi) is 5.17. The normalized spacial score (nSPS) is 15.8. The van der Waals surface area contributed by atoms with E-state index in [4.69, 9.17) is 23.8 Å². The maximum Gasteiger partial charge on any atom is 0.285 e. The molecule has 0 spiro atoms. The third-order valence-electron chi connectivity index (χ3n) is 3.28. The monoisotopic (exact) mass is 392 g/mol. The summed E-state index contributed by atoms with van der Waals surface area (Å²) in [5.74, 6) is -1.28. The number of thiocarbonyl (C=S) groups is 1. The number of carbonyl (C=O) groups excluding carboxylic acids is 2. The van der Waals surface area contributed by atoms with Crippen LogP contribution in [0.25, 0.3) is 6.08 Å². The molecule has 4 nitrogen and oxygen atoms in total. The van der Waals surface area contributed by atoms with Crippen LogP contribution in [0.1, 0.15) is 15.9 Å². The van der Waals surface area contributed by atoms with E-state index in [2.05, 4.69) is 5.43 Å². The summed E-state index contributed by atoms with van der Waals surface area (Å²) in [6.07, 6.45) is 1.59. The fourth-order valence-electron chi connectivity index (χ4n) is 2.04. The SMILES string of the molecule is O=C(NN1C(=O)C(=Cc2ccc(F)cc2)SC1=S)c1ccc(Cl)cc1. The van der Waals surface area contributed by atoms with Crippen molar-refractivity contribution in [2.24, 2.45) is 0 Å². The maximum absolute atomic E-state index is 13.0. The number of carbonyl (C=O) groups is 2. The molecule has 8 heteroatoms. The lowest BCUT2D eigenvalue weighted by Crippen LogP contribution is -2.44. The van der Waals surface area contributed by atoms with E-state index in [1.54, 1.807) is 42.5 Å². The van der Waals surface area contributed by atoms with E-state index >= 15 is 0 Å². The van der Waals surface area contributed by atoms with Crippen LogP contribution in [0.15, 0.2) is 53.4 Å². The Morgan fingerprint density at radius 3 is 2.44 bits per heavy atom. The number of nitrogens with one attached hydrogen (secondary N) is 1. The van der Waals surface area contributed by atoms with Crippen LogP contribution >= 0.6 is 35.6 Å². The molecule has 2 aromatic carbocycles. The molecule has 25 heavy (non-hydrogen) atoms. The number of hydrazine groups is 1. The Bertz CT molecular complexity index is 883. The Morgan fingerprint density at radius 1 is 1.16 bits per heavy atom. The van der Waals surface area contributed by atoms with Crippen LogP contribution in [0.2, 0.25) is 5.02 Å². The molecule has 0 unspecified atom stereocenters. The minimum absolute atomic E-state index is 0.209. The molecule has 2 amide bonds. The minimum Gasteiger partial charge on any atom is -0.267 e. The van der Waals surface area contributed by atoms with Crippen molar-refractivity contribution in [2.45, 2.75) is 0 Å². The lowest BCUT2D eigenvalue weighted by atomic mass is 10.2.